The predicted octanol–water partition coefficient (Wildman–Crippen LogP) is 4.40. The molecule has 2 rings (SSSR count). The number of hydrogen-bond donors (Lipinski definition) is 1. The van der Waals surface area contributed by atoms with Crippen LogP contribution in [0.25, 0.3) is 5.69 Å². The van der Waals surface area contributed by atoms with E-state index in [4.69, 9.17) is 11.6 Å². The Morgan fingerprint density at radius 2 is 2.05 bits per heavy atom. The third-order valence-corrected chi connectivity index (χ3v) is 4.34. The van der Waals surface area contributed by atoms with Crippen LogP contribution in [0.5, 0.6) is 0 Å². The van der Waals surface area contributed by atoms with Crippen molar-refractivity contribution in [1.82, 2.24) is 15.1 Å². The molecule has 0 saturated heterocycles. The summed E-state index contributed by atoms with van der Waals surface area (Å²) in [6.07, 6.45) is 0. The van der Waals surface area contributed by atoms with Crippen molar-refractivity contribution < 1.29 is 0 Å². The maximum absolute atomic E-state index is 6.21. The highest BCUT2D eigenvalue weighted by Gasteiger charge is 2.13. The maximum atomic E-state index is 6.21. The summed E-state index contributed by atoms with van der Waals surface area (Å²) in [6, 6.07) is 6.77. The topological polar surface area (TPSA) is 29.9 Å². The number of benzene rings is 1. The Morgan fingerprint density at radius 3 is 2.55 bits per heavy atom. The van der Waals surface area contributed by atoms with Gasteiger partial charge in [0.1, 0.15) is 0 Å². The van der Waals surface area contributed by atoms with E-state index in [1.165, 1.54) is 5.56 Å². The molecule has 0 unspecified atom stereocenters. The van der Waals surface area contributed by atoms with Crippen LogP contribution in [0.4, 0.5) is 0 Å². The predicted molar refractivity (Wildman–Crippen MR) is 87.7 cm³/mol. The first kappa shape index (κ1) is 15.5. The molecule has 0 spiro atoms. The lowest BCUT2D eigenvalue weighted by Gasteiger charge is -2.11. The Morgan fingerprint density at radius 1 is 1.35 bits per heavy atom. The second-order valence-electron chi connectivity index (χ2n) is 5.22. The van der Waals surface area contributed by atoms with Crippen molar-refractivity contribution in [3.8, 4) is 5.69 Å². The van der Waals surface area contributed by atoms with Crippen molar-refractivity contribution in [3.05, 3.63) is 44.6 Å². The molecule has 1 heterocycles. The molecule has 0 atom stereocenters. The summed E-state index contributed by atoms with van der Waals surface area (Å²) < 4.78 is 2.89. The highest BCUT2D eigenvalue weighted by Crippen LogP contribution is 2.27. The van der Waals surface area contributed by atoms with Crippen molar-refractivity contribution in [2.24, 2.45) is 0 Å². The minimum Gasteiger partial charge on any atom is -0.310 e. The van der Waals surface area contributed by atoms with Gasteiger partial charge in [-0.1, -0.05) is 31.5 Å². The third kappa shape index (κ3) is 3.25. The van der Waals surface area contributed by atoms with E-state index in [-0.39, 0.29) is 0 Å². The zero-order chi connectivity index (χ0) is 14.9. The second-order valence-corrected chi connectivity index (χ2v) is 6.45. The molecule has 0 radical (unpaired) electrons. The van der Waals surface area contributed by atoms with E-state index in [0.29, 0.717) is 6.04 Å². The van der Waals surface area contributed by atoms with Gasteiger partial charge in [0.2, 0.25) is 0 Å². The molecular weight excluding hydrogens is 338 g/mol. The van der Waals surface area contributed by atoms with Gasteiger partial charge in [0.15, 0.2) is 0 Å². The summed E-state index contributed by atoms with van der Waals surface area (Å²) in [5, 5.41) is 8.62. The summed E-state index contributed by atoms with van der Waals surface area (Å²) in [5.41, 5.74) is 4.05. The molecule has 20 heavy (non-hydrogen) atoms. The Kier molecular flexibility index (Phi) is 4.89. The van der Waals surface area contributed by atoms with Gasteiger partial charge in [0.25, 0.3) is 0 Å². The van der Waals surface area contributed by atoms with Crippen LogP contribution in [-0.2, 0) is 6.54 Å². The summed E-state index contributed by atoms with van der Waals surface area (Å²) in [5.74, 6) is 0. The van der Waals surface area contributed by atoms with Gasteiger partial charge in [-0.25, -0.2) is 4.68 Å². The van der Waals surface area contributed by atoms with Gasteiger partial charge in [-0.15, -0.1) is 0 Å². The van der Waals surface area contributed by atoms with Gasteiger partial charge in [-0.3, -0.25) is 0 Å². The first-order chi connectivity index (χ1) is 9.40. The molecule has 0 amide bonds. The molecule has 108 valence electrons. The van der Waals surface area contributed by atoms with Crippen molar-refractivity contribution in [1.29, 1.82) is 0 Å². The minimum absolute atomic E-state index is 0.475. The molecule has 0 aliphatic rings. The lowest BCUT2D eigenvalue weighted by molar-refractivity contribution is 0.588. The lowest BCUT2D eigenvalue weighted by Crippen LogP contribution is -2.21. The number of halogens is 2. The molecule has 0 bridgehead atoms. The fourth-order valence-corrected chi connectivity index (χ4v) is 2.72. The molecular formula is C15H19BrClN3. The van der Waals surface area contributed by atoms with Crippen molar-refractivity contribution in [2.45, 2.75) is 40.3 Å². The van der Waals surface area contributed by atoms with Crippen molar-refractivity contribution >= 4 is 27.5 Å². The first-order valence-corrected chi connectivity index (χ1v) is 7.81. The van der Waals surface area contributed by atoms with Gasteiger partial charge < -0.3 is 5.32 Å². The molecule has 1 N–H and O–H groups in total. The molecule has 3 nitrogen and oxygen atoms in total. The fourth-order valence-electron chi connectivity index (χ4n) is 2.01. The number of hydrogen-bond acceptors (Lipinski definition) is 2. The van der Waals surface area contributed by atoms with Crippen LogP contribution in [0.15, 0.2) is 22.7 Å². The second kappa shape index (κ2) is 6.29. The largest absolute Gasteiger partial charge is 0.310 e. The molecule has 1 aromatic carbocycles. The minimum atomic E-state index is 0.475. The van der Waals surface area contributed by atoms with Crippen molar-refractivity contribution in [3.63, 3.8) is 0 Å². The molecule has 5 heteroatoms. The van der Waals surface area contributed by atoms with E-state index in [2.05, 4.69) is 58.4 Å². The Hall–Kier alpha value is -0.840. The number of nitrogens with one attached hydrogen (secondary N) is 1. The number of nitrogens with zero attached hydrogens (tertiary/aromatic N) is 2. The molecule has 0 aliphatic heterocycles. The smallest absolute Gasteiger partial charge is 0.0848 e. The van der Waals surface area contributed by atoms with E-state index < -0.39 is 0 Å². The summed E-state index contributed by atoms with van der Waals surface area (Å²) in [4.78, 5) is 0. The van der Waals surface area contributed by atoms with Gasteiger partial charge in [0.05, 0.1) is 22.1 Å². The van der Waals surface area contributed by atoms with E-state index in [0.717, 1.165) is 33.1 Å². The van der Waals surface area contributed by atoms with Crippen LogP contribution in [-0.4, -0.2) is 15.8 Å². The standard InChI is InChI=1S/C15H19BrClN3/c1-9(2)18-8-12-5-6-14(13(16)7-12)20-11(4)15(17)10(3)19-20/h5-7,9,18H,8H2,1-4H3. The quantitative estimate of drug-likeness (QED) is 0.879. The highest BCUT2D eigenvalue weighted by atomic mass is 79.9. The van der Waals surface area contributed by atoms with Crippen LogP contribution in [0.3, 0.4) is 0 Å². The highest BCUT2D eigenvalue weighted by molar-refractivity contribution is 9.10. The Labute approximate surface area is 133 Å². The maximum Gasteiger partial charge on any atom is 0.0848 e. The summed E-state index contributed by atoms with van der Waals surface area (Å²) >= 11 is 9.83. The van der Waals surface area contributed by atoms with Crippen molar-refractivity contribution in [2.75, 3.05) is 0 Å². The fraction of sp³-hybridized carbons (Fsp3) is 0.400. The van der Waals surface area contributed by atoms with Crippen LogP contribution in [0, 0.1) is 13.8 Å². The number of aromatic nitrogens is 2. The summed E-state index contributed by atoms with van der Waals surface area (Å²) in [6.45, 7) is 9.03. The zero-order valence-electron chi connectivity index (χ0n) is 12.2. The number of rotatable bonds is 4. The first-order valence-electron chi connectivity index (χ1n) is 6.64. The van der Waals surface area contributed by atoms with E-state index in [1.807, 2.05) is 18.5 Å². The van der Waals surface area contributed by atoms with E-state index in [9.17, 15) is 0 Å². The average molecular weight is 357 g/mol. The van der Waals surface area contributed by atoms with Gasteiger partial charge in [0, 0.05) is 17.1 Å². The Bertz CT molecular complexity index is 620. The van der Waals surface area contributed by atoms with E-state index >= 15 is 0 Å². The molecule has 2 aromatic rings. The molecule has 1 aromatic heterocycles. The van der Waals surface area contributed by atoms with E-state index in [1.54, 1.807) is 0 Å². The lowest BCUT2D eigenvalue weighted by atomic mass is 10.2. The van der Waals surface area contributed by atoms with Crippen LogP contribution in [0.1, 0.15) is 30.8 Å². The Balaban J connectivity index is 2.32. The monoisotopic (exact) mass is 355 g/mol. The molecule has 0 fully saturated rings. The zero-order valence-corrected chi connectivity index (χ0v) is 14.5. The van der Waals surface area contributed by atoms with Crippen LogP contribution >= 0.6 is 27.5 Å². The molecule has 0 aliphatic carbocycles. The van der Waals surface area contributed by atoms with Gasteiger partial charge >= 0.3 is 0 Å². The van der Waals surface area contributed by atoms with Gasteiger partial charge in [-0.05, 0) is 47.5 Å². The molecule has 0 saturated carbocycles. The van der Waals surface area contributed by atoms with Crippen LogP contribution < -0.4 is 5.32 Å². The van der Waals surface area contributed by atoms with Gasteiger partial charge in [-0.2, -0.15) is 5.10 Å². The van der Waals surface area contributed by atoms with Crippen LogP contribution in [0.2, 0.25) is 5.02 Å². The third-order valence-electron chi connectivity index (χ3n) is 3.16. The summed E-state index contributed by atoms with van der Waals surface area (Å²) in [7, 11) is 0. The number of aryl methyl sites for hydroxylation is 1. The average Bonchev–Trinajstić information content (AvgIpc) is 2.64. The normalized spacial score (nSPS) is 11.3. The SMILES string of the molecule is Cc1nn(-c2ccc(CNC(C)C)cc2Br)c(C)c1Cl.